The summed E-state index contributed by atoms with van der Waals surface area (Å²) < 4.78 is 22.9. The van der Waals surface area contributed by atoms with Gasteiger partial charge in [-0.1, -0.05) is 200 Å². The molecular formula is C45H90NO12P. The van der Waals surface area contributed by atoms with E-state index in [1.165, 1.54) is 128 Å². The van der Waals surface area contributed by atoms with Crippen LogP contribution in [-0.2, 0) is 18.4 Å². The van der Waals surface area contributed by atoms with Crippen molar-refractivity contribution in [1.82, 2.24) is 5.32 Å². The quantitative estimate of drug-likeness (QED) is 0.0211. The minimum absolute atomic E-state index is 0.217. The molecule has 1 fully saturated rings. The fraction of sp³-hybridized carbons (Fsp3) is 0.978. The van der Waals surface area contributed by atoms with Crippen molar-refractivity contribution in [3.8, 4) is 0 Å². The predicted molar refractivity (Wildman–Crippen MR) is 234 cm³/mol. The molecule has 59 heavy (non-hydrogen) atoms. The second-order valence-electron chi connectivity index (χ2n) is 17.5. The van der Waals surface area contributed by atoms with Crippen LogP contribution in [0.1, 0.15) is 219 Å². The van der Waals surface area contributed by atoms with E-state index in [0.29, 0.717) is 12.8 Å². The summed E-state index contributed by atoms with van der Waals surface area (Å²) in [7, 11) is -5.11. The van der Waals surface area contributed by atoms with E-state index in [-0.39, 0.29) is 12.8 Å². The molecule has 0 aromatic carbocycles. The zero-order chi connectivity index (χ0) is 43.7. The van der Waals surface area contributed by atoms with Crippen LogP contribution in [0, 0.1) is 0 Å². The summed E-state index contributed by atoms with van der Waals surface area (Å²) in [6, 6.07) is -1.15. The van der Waals surface area contributed by atoms with E-state index in [1.54, 1.807) is 0 Å². The molecule has 0 aromatic rings. The number of nitrogens with one attached hydrogen (secondary N) is 1. The molecule has 1 saturated carbocycles. The molecule has 0 aliphatic heterocycles. The Bertz CT molecular complexity index is 1030. The molecular weight excluding hydrogens is 777 g/mol. The third kappa shape index (κ3) is 27.9. The normalized spacial score (nSPS) is 23.5. The average molecular weight is 868 g/mol. The second kappa shape index (κ2) is 35.7. The SMILES string of the molecule is CCCCCCCCCCCCCCCCCCCCCC(O)C(COP(=O)(O)OC1C(O)C(O)C(O)C(O)C1O)NC(=O)CC(O)CCCCCCCCCCCC. The molecule has 13 nitrogen and oxygen atoms in total. The first-order chi connectivity index (χ1) is 28.3. The summed E-state index contributed by atoms with van der Waals surface area (Å²) in [5, 5.41) is 74.6. The summed E-state index contributed by atoms with van der Waals surface area (Å²) in [6.07, 6.45) is 21.6. The van der Waals surface area contributed by atoms with Gasteiger partial charge in [0.15, 0.2) is 0 Å². The van der Waals surface area contributed by atoms with Crippen molar-refractivity contribution in [2.24, 2.45) is 0 Å². The third-order valence-corrected chi connectivity index (χ3v) is 13.0. The predicted octanol–water partition coefficient (Wildman–Crippen LogP) is 8.04. The maximum Gasteiger partial charge on any atom is 0.472 e. The molecule has 8 unspecified atom stereocenters. The highest BCUT2D eigenvalue weighted by molar-refractivity contribution is 7.47. The molecule has 0 spiro atoms. The van der Waals surface area contributed by atoms with Gasteiger partial charge in [0, 0.05) is 0 Å². The maximum atomic E-state index is 13.0. The summed E-state index contributed by atoms with van der Waals surface area (Å²) in [5.41, 5.74) is 0. The van der Waals surface area contributed by atoms with Gasteiger partial charge >= 0.3 is 7.82 Å². The van der Waals surface area contributed by atoms with Gasteiger partial charge in [0.05, 0.1) is 31.3 Å². The zero-order valence-corrected chi connectivity index (χ0v) is 38.1. The summed E-state index contributed by atoms with van der Waals surface area (Å²) in [5.74, 6) is -0.558. The van der Waals surface area contributed by atoms with Crippen molar-refractivity contribution in [3.63, 3.8) is 0 Å². The van der Waals surface area contributed by atoms with E-state index in [9.17, 15) is 50.0 Å². The van der Waals surface area contributed by atoms with Crippen LogP contribution in [0.3, 0.4) is 0 Å². The van der Waals surface area contributed by atoms with Crippen molar-refractivity contribution < 1.29 is 59.0 Å². The smallest absolute Gasteiger partial charge is 0.393 e. The van der Waals surface area contributed by atoms with Crippen LogP contribution in [-0.4, -0.2) is 108 Å². The number of amides is 1. The Morgan fingerprint density at radius 3 is 1.22 bits per heavy atom. The number of carbonyl (C=O) groups is 1. The average Bonchev–Trinajstić information content (AvgIpc) is 3.21. The molecule has 1 aliphatic carbocycles. The molecule has 0 saturated heterocycles. The zero-order valence-electron chi connectivity index (χ0n) is 37.2. The molecule has 1 rings (SSSR count). The van der Waals surface area contributed by atoms with Crippen LogP contribution >= 0.6 is 7.82 Å². The molecule has 9 N–H and O–H groups in total. The van der Waals surface area contributed by atoms with Crippen molar-refractivity contribution in [1.29, 1.82) is 0 Å². The Labute approximate surface area is 358 Å². The van der Waals surface area contributed by atoms with Crippen molar-refractivity contribution in [2.45, 2.75) is 274 Å². The van der Waals surface area contributed by atoms with Gasteiger partial charge in [-0.05, 0) is 12.8 Å². The standard InChI is InChI=1S/C45H90NO12P/c1-3-5-7-9-11-13-15-16-17-18-19-20-21-22-23-25-27-29-31-33-38(48)37(35-57-59(55,56)58-45-43(53)41(51)40(50)42(52)44(45)54)46-39(49)34-36(47)32-30-28-26-24-14-12-10-8-6-4-2/h36-38,40-45,47-48,50-54H,3-35H2,1-2H3,(H,46,49)(H,55,56). The number of hydrogen-bond donors (Lipinski definition) is 9. The molecule has 0 aromatic heterocycles. The number of carbonyl (C=O) groups excluding carboxylic acids is 1. The number of hydrogen-bond acceptors (Lipinski definition) is 11. The number of phosphoric ester groups is 1. The molecule has 8 atom stereocenters. The lowest BCUT2D eigenvalue weighted by Gasteiger charge is -2.41. The van der Waals surface area contributed by atoms with E-state index in [0.717, 1.165) is 51.4 Å². The van der Waals surface area contributed by atoms with E-state index in [1.807, 2.05) is 0 Å². The van der Waals surface area contributed by atoms with E-state index < -0.39 is 75.2 Å². The highest BCUT2D eigenvalue weighted by Crippen LogP contribution is 2.47. The van der Waals surface area contributed by atoms with Gasteiger partial charge in [0.1, 0.15) is 36.6 Å². The summed E-state index contributed by atoms with van der Waals surface area (Å²) in [4.78, 5) is 23.4. The molecule has 0 radical (unpaired) electrons. The van der Waals surface area contributed by atoms with Crippen molar-refractivity contribution >= 4 is 13.7 Å². The van der Waals surface area contributed by atoms with Crippen molar-refractivity contribution in [3.05, 3.63) is 0 Å². The number of rotatable bonds is 40. The Morgan fingerprint density at radius 1 is 0.525 bits per heavy atom. The third-order valence-electron chi connectivity index (χ3n) is 12.0. The first kappa shape index (κ1) is 56.3. The molecule has 1 aliphatic rings. The number of aliphatic hydroxyl groups excluding tert-OH is 7. The van der Waals surface area contributed by atoms with E-state index in [2.05, 4.69) is 19.2 Å². The van der Waals surface area contributed by atoms with Gasteiger partial charge < -0.3 is 46.0 Å². The van der Waals surface area contributed by atoms with Crippen LogP contribution in [0.4, 0.5) is 0 Å². The molecule has 14 heteroatoms. The van der Waals surface area contributed by atoms with Gasteiger partial charge in [0.25, 0.3) is 0 Å². The number of phosphoric acid groups is 1. The van der Waals surface area contributed by atoms with Gasteiger partial charge in [-0.2, -0.15) is 0 Å². The van der Waals surface area contributed by atoms with Crippen LogP contribution < -0.4 is 5.32 Å². The largest absolute Gasteiger partial charge is 0.472 e. The summed E-state index contributed by atoms with van der Waals surface area (Å²) in [6.45, 7) is 3.79. The van der Waals surface area contributed by atoms with Crippen LogP contribution in [0.15, 0.2) is 0 Å². The molecule has 0 bridgehead atoms. The highest BCUT2D eigenvalue weighted by atomic mass is 31.2. The van der Waals surface area contributed by atoms with Gasteiger partial charge in [0.2, 0.25) is 5.91 Å². The lowest BCUT2D eigenvalue weighted by molar-refractivity contribution is -0.220. The second-order valence-corrected chi connectivity index (χ2v) is 18.9. The lowest BCUT2D eigenvalue weighted by atomic mass is 9.85. The lowest BCUT2D eigenvalue weighted by Crippen LogP contribution is -2.64. The number of unbranched alkanes of at least 4 members (excludes halogenated alkanes) is 27. The van der Waals surface area contributed by atoms with Crippen LogP contribution in [0.5, 0.6) is 0 Å². The van der Waals surface area contributed by atoms with E-state index in [4.69, 9.17) is 9.05 Å². The minimum atomic E-state index is -5.11. The van der Waals surface area contributed by atoms with Gasteiger partial charge in [-0.25, -0.2) is 4.57 Å². The molecule has 352 valence electrons. The van der Waals surface area contributed by atoms with Gasteiger partial charge in [-0.3, -0.25) is 13.8 Å². The van der Waals surface area contributed by atoms with Crippen molar-refractivity contribution in [2.75, 3.05) is 6.61 Å². The highest BCUT2D eigenvalue weighted by Gasteiger charge is 2.51. The monoisotopic (exact) mass is 868 g/mol. The first-order valence-electron chi connectivity index (χ1n) is 24.1. The molecule has 0 heterocycles. The fourth-order valence-electron chi connectivity index (χ4n) is 8.01. The fourth-order valence-corrected chi connectivity index (χ4v) is 8.98. The topological polar surface area (TPSA) is 226 Å². The Hall–Kier alpha value is -0.700. The molecule has 1 amide bonds. The minimum Gasteiger partial charge on any atom is -0.393 e. The maximum absolute atomic E-state index is 13.0. The van der Waals surface area contributed by atoms with Crippen LogP contribution in [0.2, 0.25) is 0 Å². The first-order valence-corrected chi connectivity index (χ1v) is 25.6. The Morgan fingerprint density at radius 2 is 0.847 bits per heavy atom. The summed E-state index contributed by atoms with van der Waals surface area (Å²) >= 11 is 0. The Kier molecular flexibility index (Phi) is 34.1. The van der Waals surface area contributed by atoms with Crippen LogP contribution in [0.25, 0.3) is 0 Å². The van der Waals surface area contributed by atoms with Gasteiger partial charge in [-0.15, -0.1) is 0 Å². The Balaban J connectivity index is 2.48. The number of aliphatic hydroxyl groups is 7. The van der Waals surface area contributed by atoms with E-state index >= 15 is 0 Å².